The zero-order valence-electron chi connectivity index (χ0n) is 8.81. The quantitative estimate of drug-likeness (QED) is 0.609. The molecule has 1 saturated carbocycles. The molecular weight excluding hydrogens is 160 g/mol. The van der Waals surface area contributed by atoms with Crippen LogP contribution in [0.25, 0.3) is 0 Å². The van der Waals surface area contributed by atoms with E-state index in [4.69, 9.17) is 0 Å². The van der Waals surface area contributed by atoms with Crippen molar-refractivity contribution in [3.63, 3.8) is 0 Å². The van der Waals surface area contributed by atoms with Gasteiger partial charge in [-0.25, -0.2) is 0 Å². The van der Waals surface area contributed by atoms with Crippen molar-refractivity contribution in [3.8, 4) is 0 Å². The van der Waals surface area contributed by atoms with E-state index in [1.807, 2.05) is 6.08 Å². The molecule has 1 fully saturated rings. The Bertz CT molecular complexity index is 207. The van der Waals surface area contributed by atoms with Crippen molar-refractivity contribution in [1.82, 2.24) is 0 Å². The van der Waals surface area contributed by atoms with Crippen LogP contribution in [0.4, 0.5) is 0 Å². The molecule has 0 N–H and O–H groups in total. The van der Waals surface area contributed by atoms with Gasteiger partial charge < -0.3 is 0 Å². The first-order valence-electron chi connectivity index (χ1n) is 5.29. The monoisotopic (exact) mass is 180 g/mol. The second-order valence-corrected chi connectivity index (χ2v) is 4.33. The van der Waals surface area contributed by atoms with Crippen molar-refractivity contribution >= 4 is 5.78 Å². The highest BCUT2D eigenvalue weighted by atomic mass is 16.1. The van der Waals surface area contributed by atoms with Crippen LogP contribution in [0.3, 0.4) is 0 Å². The zero-order chi connectivity index (χ0) is 9.90. The van der Waals surface area contributed by atoms with Crippen LogP contribution in [-0.4, -0.2) is 5.78 Å². The summed E-state index contributed by atoms with van der Waals surface area (Å²) < 4.78 is 0. The Morgan fingerprint density at radius 2 is 2.38 bits per heavy atom. The molecule has 1 unspecified atom stereocenters. The first-order valence-corrected chi connectivity index (χ1v) is 5.29. The summed E-state index contributed by atoms with van der Waals surface area (Å²) in [5.74, 6) is 1.03. The molecule has 0 bridgehead atoms. The smallest absolute Gasteiger partial charge is 0.139 e. The molecule has 1 heteroatoms. The maximum Gasteiger partial charge on any atom is 0.139 e. The summed E-state index contributed by atoms with van der Waals surface area (Å²) in [5.41, 5.74) is -0.102. The fourth-order valence-corrected chi connectivity index (χ4v) is 2.58. The van der Waals surface area contributed by atoms with Crippen LogP contribution in [-0.2, 0) is 4.79 Å². The summed E-state index contributed by atoms with van der Waals surface area (Å²) in [7, 11) is 0. The molecule has 0 aromatic carbocycles. The van der Waals surface area contributed by atoms with Crippen LogP contribution >= 0.6 is 0 Å². The van der Waals surface area contributed by atoms with Crippen molar-refractivity contribution in [1.29, 1.82) is 0 Å². The van der Waals surface area contributed by atoms with Crippen LogP contribution in [0.2, 0.25) is 0 Å². The highest BCUT2D eigenvalue weighted by Crippen LogP contribution is 2.42. The number of allylic oxidation sites excluding steroid dienone is 1. The minimum absolute atomic E-state index is 0.102. The number of hydrogen-bond acceptors (Lipinski definition) is 1. The van der Waals surface area contributed by atoms with Gasteiger partial charge in [-0.1, -0.05) is 26.3 Å². The Kier molecular flexibility index (Phi) is 3.29. The van der Waals surface area contributed by atoms with E-state index in [1.54, 1.807) is 0 Å². The molecule has 0 saturated heterocycles. The fourth-order valence-electron chi connectivity index (χ4n) is 2.58. The zero-order valence-corrected chi connectivity index (χ0v) is 8.81. The molecule has 1 rings (SSSR count). The molecule has 0 aromatic rings. The maximum absolute atomic E-state index is 11.8. The fraction of sp³-hybridized carbons (Fsp3) is 0.750. The summed E-state index contributed by atoms with van der Waals surface area (Å²) in [5, 5.41) is 0. The Morgan fingerprint density at radius 3 is 2.92 bits per heavy atom. The molecule has 13 heavy (non-hydrogen) atoms. The first-order chi connectivity index (χ1) is 6.15. The van der Waals surface area contributed by atoms with Gasteiger partial charge in [-0.15, -0.1) is 6.58 Å². The molecule has 0 heterocycles. The van der Waals surface area contributed by atoms with Gasteiger partial charge in [0.05, 0.1) is 0 Å². The lowest BCUT2D eigenvalue weighted by atomic mass is 9.64. The number of Topliss-reactive ketones (excluding diaryl/α,β-unsaturated/α-hetero) is 1. The number of ketones is 1. The molecule has 1 aliphatic carbocycles. The van der Waals surface area contributed by atoms with E-state index in [1.165, 1.54) is 6.42 Å². The van der Waals surface area contributed by atoms with E-state index in [2.05, 4.69) is 20.4 Å². The molecule has 0 radical (unpaired) electrons. The van der Waals surface area contributed by atoms with Crippen molar-refractivity contribution in [2.75, 3.05) is 0 Å². The van der Waals surface area contributed by atoms with Crippen molar-refractivity contribution in [3.05, 3.63) is 12.7 Å². The predicted molar refractivity (Wildman–Crippen MR) is 55.6 cm³/mol. The second kappa shape index (κ2) is 4.08. The summed E-state index contributed by atoms with van der Waals surface area (Å²) in [6.07, 6.45) is 6.95. The Labute approximate surface area is 81.2 Å². The van der Waals surface area contributed by atoms with Crippen LogP contribution in [0.1, 0.15) is 46.0 Å². The third kappa shape index (κ3) is 1.84. The summed E-state index contributed by atoms with van der Waals surface area (Å²) in [4.78, 5) is 11.8. The number of rotatable bonds is 3. The molecule has 0 aliphatic heterocycles. The predicted octanol–water partition coefficient (Wildman–Crippen LogP) is 3.35. The standard InChI is InChI=1S/C12H20O/c1-4-9-12(3)10(5-2)7-6-8-11(12)13/h4,10H,1,5-9H2,2-3H3/t10-,12?/m1/s1. The third-order valence-electron chi connectivity index (χ3n) is 3.56. The molecule has 0 spiro atoms. The van der Waals surface area contributed by atoms with Crippen LogP contribution in [0.5, 0.6) is 0 Å². The summed E-state index contributed by atoms with van der Waals surface area (Å²) >= 11 is 0. The molecule has 1 aliphatic rings. The minimum atomic E-state index is -0.102. The topological polar surface area (TPSA) is 17.1 Å². The largest absolute Gasteiger partial charge is 0.299 e. The van der Waals surface area contributed by atoms with Gasteiger partial charge in [-0.2, -0.15) is 0 Å². The van der Waals surface area contributed by atoms with E-state index in [9.17, 15) is 4.79 Å². The van der Waals surface area contributed by atoms with Crippen molar-refractivity contribution in [2.24, 2.45) is 11.3 Å². The lowest BCUT2D eigenvalue weighted by Crippen LogP contribution is -2.38. The van der Waals surface area contributed by atoms with Crippen LogP contribution in [0, 0.1) is 11.3 Å². The average Bonchev–Trinajstić information content (AvgIpc) is 2.10. The molecule has 0 aromatic heterocycles. The van der Waals surface area contributed by atoms with Crippen LogP contribution in [0.15, 0.2) is 12.7 Å². The summed E-state index contributed by atoms with van der Waals surface area (Å²) in [6.45, 7) is 8.05. The minimum Gasteiger partial charge on any atom is -0.299 e. The van der Waals surface area contributed by atoms with Crippen molar-refractivity contribution < 1.29 is 4.79 Å². The molecule has 74 valence electrons. The molecule has 2 atom stereocenters. The average molecular weight is 180 g/mol. The molecular formula is C12H20O. The highest BCUT2D eigenvalue weighted by Gasteiger charge is 2.40. The molecule has 1 nitrogen and oxygen atoms in total. The van der Waals surface area contributed by atoms with Gasteiger partial charge in [-0.3, -0.25) is 4.79 Å². The number of carbonyl (C=O) groups excluding carboxylic acids is 1. The van der Waals surface area contributed by atoms with Gasteiger partial charge >= 0.3 is 0 Å². The van der Waals surface area contributed by atoms with E-state index in [0.29, 0.717) is 11.7 Å². The first kappa shape index (κ1) is 10.5. The normalized spacial score (nSPS) is 34.6. The van der Waals surface area contributed by atoms with Gasteiger partial charge in [0, 0.05) is 11.8 Å². The number of carbonyl (C=O) groups is 1. The van der Waals surface area contributed by atoms with E-state index in [0.717, 1.165) is 25.7 Å². The van der Waals surface area contributed by atoms with Crippen LogP contribution < -0.4 is 0 Å². The SMILES string of the molecule is C=CCC1(C)C(=O)CCC[C@H]1CC. The van der Waals surface area contributed by atoms with Gasteiger partial charge in [0.2, 0.25) is 0 Å². The Hall–Kier alpha value is -0.590. The van der Waals surface area contributed by atoms with Gasteiger partial charge in [0.25, 0.3) is 0 Å². The third-order valence-corrected chi connectivity index (χ3v) is 3.56. The molecule has 0 amide bonds. The second-order valence-electron chi connectivity index (χ2n) is 4.33. The highest BCUT2D eigenvalue weighted by molar-refractivity contribution is 5.85. The summed E-state index contributed by atoms with van der Waals surface area (Å²) in [6, 6.07) is 0. The van der Waals surface area contributed by atoms with E-state index in [-0.39, 0.29) is 5.41 Å². The van der Waals surface area contributed by atoms with Gasteiger partial charge in [0.1, 0.15) is 5.78 Å². The maximum atomic E-state index is 11.8. The number of hydrogen-bond donors (Lipinski definition) is 0. The van der Waals surface area contributed by atoms with Gasteiger partial charge in [-0.05, 0) is 25.2 Å². The Balaban J connectivity index is 2.82. The van der Waals surface area contributed by atoms with E-state index >= 15 is 0 Å². The lowest BCUT2D eigenvalue weighted by Gasteiger charge is -2.39. The lowest BCUT2D eigenvalue weighted by molar-refractivity contribution is -0.133. The van der Waals surface area contributed by atoms with Crippen molar-refractivity contribution in [2.45, 2.75) is 46.0 Å². The van der Waals surface area contributed by atoms with E-state index < -0.39 is 0 Å². The van der Waals surface area contributed by atoms with Gasteiger partial charge in [0.15, 0.2) is 0 Å². The Morgan fingerprint density at radius 1 is 1.69 bits per heavy atom.